The number of nitrogens with two attached hydrogens (primary N) is 1. The van der Waals surface area contributed by atoms with Crippen LogP contribution in [0.25, 0.3) is 0 Å². The Morgan fingerprint density at radius 1 is 1.60 bits per heavy atom. The largest absolute Gasteiger partial charge is 0.399 e. The summed E-state index contributed by atoms with van der Waals surface area (Å²) >= 11 is 5.94. The molecule has 3 nitrogen and oxygen atoms in total. The van der Waals surface area contributed by atoms with E-state index in [0.717, 1.165) is 6.42 Å². The fourth-order valence-electron chi connectivity index (χ4n) is 1.55. The van der Waals surface area contributed by atoms with Crippen molar-refractivity contribution >= 4 is 28.9 Å². The van der Waals surface area contributed by atoms with Crippen molar-refractivity contribution in [2.45, 2.75) is 13.3 Å². The van der Waals surface area contributed by atoms with Crippen LogP contribution in [0.4, 0.5) is 11.4 Å². The van der Waals surface area contributed by atoms with Gasteiger partial charge in [-0.1, -0.05) is 18.5 Å². The number of nitrogens with one attached hydrogen (secondary N) is 1. The zero-order valence-corrected chi connectivity index (χ0v) is 9.21. The molecule has 0 aliphatic heterocycles. The highest BCUT2D eigenvalue weighted by Gasteiger charge is 2.39. The molecule has 2 rings (SSSR count). The molecule has 0 heterocycles. The van der Waals surface area contributed by atoms with Crippen molar-refractivity contribution < 1.29 is 4.79 Å². The predicted molar refractivity (Wildman–Crippen MR) is 61.8 cm³/mol. The smallest absolute Gasteiger partial charge is 0.227 e. The molecule has 15 heavy (non-hydrogen) atoms. The van der Waals surface area contributed by atoms with E-state index < -0.39 is 0 Å². The normalized spacial score (nSPS) is 23.6. The maximum absolute atomic E-state index is 11.6. The Kier molecular flexibility index (Phi) is 2.57. The number of hydrogen-bond donors (Lipinski definition) is 2. The maximum atomic E-state index is 11.6. The van der Waals surface area contributed by atoms with Crippen molar-refractivity contribution in [3.8, 4) is 0 Å². The van der Waals surface area contributed by atoms with Gasteiger partial charge in [-0.3, -0.25) is 4.79 Å². The summed E-state index contributed by atoms with van der Waals surface area (Å²) in [7, 11) is 0. The van der Waals surface area contributed by atoms with Crippen LogP contribution < -0.4 is 11.1 Å². The molecule has 2 unspecified atom stereocenters. The van der Waals surface area contributed by atoms with Crippen LogP contribution in [0.3, 0.4) is 0 Å². The first kappa shape index (κ1) is 10.3. The van der Waals surface area contributed by atoms with Crippen LogP contribution in [0, 0.1) is 11.8 Å². The van der Waals surface area contributed by atoms with Crippen molar-refractivity contribution in [1.82, 2.24) is 0 Å². The summed E-state index contributed by atoms with van der Waals surface area (Å²) in [5, 5.41) is 3.29. The summed E-state index contributed by atoms with van der Waals surface area (Å²) in [6.45, 7) is 2.06. The number of amides is 1. The van der Waals surface area contributed by atoms with Gasteiger partial charge in [-0.05, 0) is 30.5 Å². The van der Waals surface area contributed by atoms with Gasteiger partial charge in [0.15, 0.2) is 0 Å². The van der Waals surface area contributed by atoms with Gasteiger partial charge in [-0.25, -0.2) is 0 Å². The molecular formula is C11H13ClN2O. The highest BCUT2D eigenvalue weighted by molar-refractivity contribution is 6.34. The lowest BCUT2D eigenvalue weighted by atomic mass is 10.2. The number of rotatable bonds is 2. The number of carbonyl (C=O) groups excluding carboxylic acids is 1. The van der Waals surface area contributed by atoms with Crippen LogP contribution in [-0.2, 0) is 4.79 Å². The Bertz CT molecular complexity index is 406. The first-order valence-corrected chi connectivity index (χ1v) is 5.31. The highest BCUT2D eigenvalue weighted by Crippen LogP contribution is 2.39. The van der Waals surface area contributed by atoms with E-state index in [9.17, 15) is 4.79 Å². The second-order valence-corrected chi connectivity index (χ2v) is 4.46. The molecule has 1 aromatic rings. The Balaban J connectivity index is 2.07. The second-order valence-electron chi connectivity index (χ2n) is 4.05. The van der Waals surface area contributed by atoms with E-state index in [1.165, 1.54) is 0 Å². The van der Waals surface area contributed by atoms with Gasteiger partial charge >= 0.3 is 0 Å². The second kappa shape index (κ2) is 3.74. The standard InChI is InChI=1S/C11H13ClN2O/c1-6-4-8(6)11(15)14-10-3-2-7(13)5-9(10)12/h2-3,5-6,8H,4,13H2,1H3,(H,14,15). The quantitative estimate of drug-likeness (QED) is 0.759. The first-order valence-electron chi connectivity index (χ1n) is 4.94. The van der Waals surface area contributed by atoms with Crippen LogP contribution in [0.1, 0.15) is 13.3 Å². The highest BCUT2D eigenvalue weighted by atomic mass is 35.5. The van der Waals surface area contributed by atoms with E-state index in [0.29, 0.717) is 22.3 Å². The van der Waals surface area contributed by atoms with Gasteiger partial charge in [0, 0.05) is 11.6 Å². The Morgan fingerprint density at radius 2 is 2.27 bits per heavy atom. The third-order valence-corrected chi connectivity index (χ3v) is 3.01. The molecule has 1 aromatic carbocycles. The number of carbonyl (C=O) groups is 1. The van der Waals surface area contributed by atoms with Crippen molar-refractivity contribution in [2.24, 2.45) is 11.8 Å². The van der Waals surface area contributed by atoms with E-state index in [2.05, 4.69) is 12.2 Å². The molecule has 1 aliphatic rings. The fraction of sp³-hybridized carbons (Fsp3) is 0.364. The first-order chi connectivity index (χ1) is 7.08. The number of hydrogen-bond acceptors (Lipinski definition) is 2. The third-order valence-electron chi connectivity index (χ3n) is 2.70. The predicted octanol–water partition coefficient (Wildman–Crippen LogP) is 2.52. The van der Waals surface area contributed by atoms with Gasteiger partial charge in [0.2, 0.25) is 5.91 Å². The Morgan fingerprint density at radius 3 is 2.80 bits per heavy atom. The van der Waals surface area contributed by atoms with Gasteiger partial charge in [0.25, 0.3) is 0 Å². The Labute approximate surface area is 93.6 Å². The number of nitrogen functional groups attached to an aromatic ring is 1. The van der Waals surface area contributed by atoms with E-state index in [-0.39, 0.29) is 11.8 Å². The molecule has 0 saturated heterocycles. The van der Waals surface area contributed by atoms with E-state index in [1.54, 1.807) is 18.2 Å². The van der Waals surface area contributed by atoms with Gasteiger partial charge in [0.1, 0.15) is 0 Å². The summed E-state index contributed by atoms with van der Waals surface area (Å²) in [5.41, 5.74) is 6.78. The summed E-state index contributed by atoms with van der Waals surface area (Å²) in [5.74, 6) is 0.699. The molecule has 0 aromatic heterocycles. The molecule has 1 aliphatic carbocycles. The van der Waals surface area contributed by atoms with Crippen molar-refractivity contribution in [3.63, 3.8) is 0 Å². The van der Waals surface area contributed by atoms with Crippen LogP contribution >= 0.6 is 11.6 Å². The number of anilines is 2. The summed E-state index contributed by atoms with van der Waals surface area (Å²) < 4.78 is 0. The molecule has 1 fully saturated rings. The Hall–Kier alpha value is -1.22. The van der Waals surface area contributed by atoms with E-state index in [1.807, 2.05) is 0 Å². The minimum atomic E-state index is 0.0502. The molecule has 2 atom stereocenters. The lowest BCUT2D eigenvalue weighted by Crippen LogP contribution is -2.14. The van der Waals surface area contributed by atoms with Gasteiger partial charge in [0.05, 0.1) is 10.7 Å². The summed E-state index contributed by atoms with van der Waals surface area (Å²) in [6.07, 6.45) is 0.971. The molecule has 80 valence electrons. The number of benzene rings is 1. The van der Waals surface area contributed by atoms with Crippen LogP contribution in [-0.4, -0.2) is 5.91 Å². The lowest BCUT2D eigenvalue weighted by molar-refractivity contribution is -0.117. The van der Waals surface area contributed by atoms with Gasteiger partial charge in [-0.2, -0.15) is 0 Å². The summed E-state index contributed by atoms with van der Waals surface area (Å²) in [4.78, 5) is 11.6. The molecule has 1 saturated carbocycles. The van der Waals surface area contributed by atoms with Crippen molar-refractivity contribution in [1.29, 1.82) is 0 Å². The van der Waals surface area contributed by atoms with Crippen LogP contribution in [0.2, 0.25) is 5.02 Å². The monoisotopic (exact) mass is 224 g/mol. The minimum Gasteiger partial charge on any atom is -0.399 e. The third kappa shape index (κ3) is 2.23. The molecule has 1 amide bonds. The average molecular weight is 225 g/mol. The maximum Gasteiger partial charge on any atom is 0.227 e. The molecular weight excluding hydrogens is 212 g/mol. The van der Waals surface area contributed by atoms with E-state index in [4.69, 9.17) is 17.3 Å². The average Bonchev–Trinajstić information content (AvgIpc) is 2.88. The van der Waals surface area contributed by atoms with E-state index >= 15 is 0 Å². The lowest BCUT2D eigenvalue weighted by Gasteiger charge is -2.07. The SMILES string of the molecule is CC1CC1C(=O)Nc1ccc(N)cc1Cl. The minimum absolute atomic E-state index is 0.0502. The van der Waals surface area contributed by atoms with Gasteiger partial charge in [-0.15, -0.1) is 0 Å². The zero-order chi connectivity index (χ0) is 11.0. The molecule has 0 spiro atoms. The zero-order valence-electron chi connectivity index (χ0n) is 8.46. The van der Waals surface area contributed by atoms with Gasteiger partial charge < -0.3 is 11.1 Å². The van der Waals surface area contributed by atoms with Crippen LogP contribution in [0.15, 0.2) is 18.2 Å². The topological polar surface area (TPSA) is 55.1 Å². The molecule has 0 radical (unpaired) electrons. The molecule has 0 bridgehead atoms. The van der Waals surface area contributed by atoms with Crippen LogP contribution in [0.5, 0.6) is 0 Å². The molecule has 3 N–H and O–H groups in total. The molecule has 4 heteroatoms. The fourth-order valence-corrected chi connectivity index (χ4v) is 1.78. The number of halogens is 1. The van der Waals surface area contributed by atoms with Crippen molar-refractivity contribution in [3.05, 3.63) is 23.2 Å². The summed E-state index contributed by atoms with van der Waals surface area (Å²) in [6, 6.07) is 5.08. The van der Waals surface area contributed by atoms with Crippen molar-refractivity contribution in [2.75, 3.05) is 11.1 Å².